The van der Waals surface area contributed by atoms with Gasteiger partial charge in [-0.05, 0) is 30.9 Å². The minimum Gasteiger partial charge on any atom is -0.313 e. The second-order valence-corrected chi connectivity index (χ2v) is 5.40. The van der Waals surface area contributed by atoms with Crippen molar-refractivity contribution in [3.63, 3.8) is 0 Å². The molecule has 1 aromatic heterocycles. The van der Waals surface area contributed by atoms with Gasteiger partial charge in [-0.15, -0.1) is 0 Å². The van der Waals surface area contributed by atoms with Gasteiger partial charge in [0.25, 0.3) is 0 Å². The molecule has 0 bridgehead atoms. The summed E-state index contributed by atoms with van der Waals surface area (Å²) in [6.07, 6.45) is 7.53. The summed E-state index contributed by atoms with van der Waals surface area (Å²) in [5.74, 6) is 1.04. The van der Waals surface area contributed by atoms with Crippen molar-refractivity contribution < 1.29 is 0 Å². The highest BCUT2D eigenvalue weighted by Gasteiger charge is 2.19. The Morgan fingerprint density at radius 3 is 2.84 bits per heavy atom. The third kappa shape index (κ3) is 3.44. The zero-order valence-electron chi connectivity index (χ0n) is 11.2. The van der Waals surface area contributed by atoms with Crippen LogP contribution in [0.25, 0.3) is 11.3 Å². The van der Waals surface area contributed by atoms with Crippen molar-refractivity contribution in [2.24, 2.45) is 5.92 Å². The number of benzene rings is 1. The maximum Gasteiger partial charge on any atom is 0.0695 e. The number of hydrogen-bond acceptors (Lipinski definition) is 2. The molecule has 1 heterocycles. The molecule has 2 aromatic rings. The van der Waals surface area contributed by atoms with Crippen LogP contribution in [-0.2, 0) is 6.54 Å². The van der Waals surface area contributed by atoms with Crippen LogP contribution < -0.4 is 5.32 Å². The van der Waals surface area contributed by atoms with E-state index in [0.29, 0.717) is 0 Å². The van der Waals surface area contributed by atoms with Gasteiger partial charge in [0, 0.05) is 12.1 Å². The number of nitrogens with one attached hydrogen (secondary N) is 2. The SMILES string of the molecule is c1ccc(-c2[nH]ncc2CNCCCC2CC2)cc1. The Labute approximate surface area is 114 Å². The van der Waals surface area contributed by atoms with Crippen LogP contribution in [0.2, 0.25) is 0 Å². The molecule has 1 fully saturated rings. The molecule has 0 unspecified atom stereocenters. The standard InChI is InChI=1S/C16H21N3/c1-2-6-14(7-3-1)16-15(12-18-19-16)11-17-10-4-5-13-8-9-13/h1-3,6-7,12-13,17H,4-5,8-11H2,(H,18,19). The Bertz CT molecular complexity index is 500. The second-order valence-electron chi connectivity index (χ2n) is 5.40. The van der Waals surface area contributed by atoms with Crippen molar-refractivity contribution in [1.29, 1.82) is 0 Å². The lowest BCUT2D eigenvalue weighted by atomic mass is 10.1. The van der Waals surface area contributed by atoms with Crippen LogP contribution in [0.1, 0.15) is 31.2 Å². The van der Waals surface area contributed by atoms with Crippen LogP contribution in [0.5, 0.6) is 0 Å². The van der Waals surface area contributed by atoms with Gasteiger partial charge < -0.3 is 5.32 Å². The highest BCUT2D eigenvalue weighted by molar-refractivity contribution is 5.62. The molecule has 1 aliphatic rings. The fraction of sp³-hybridized carbons (Fsp3) is 0.438. The molecule has 3 nitrogen and oxygen atoms in total. The minimum atomic E-state index is 0.894. The Morgan fingerprint density at radius 1 is 1.21 bits per heavy atom. The summed E-state index contributed by atoms with van der Waals surface area (Å²) in [6.45, 7) is 2.00. The van der Waals surface area contributed by atoms with E-state index in [-0.39, 0.29) is 0 Å². The van der Waals surface area contributed by atoms with E-state index in [1.165, 1.54) is 36.8 Å². The summed E-state index contributed by atoms with van der Waals surface area (Å²) >= 11 is 0. The van der Waals surface area contributed by atoms with Crippen LogP contribution in [-0.4, -0.2) is 16.7 Å². The van der Waals surface area contributed by atoms with Gasteiger partial charge in [-0.25, -0.2) is 0 Å². The first-order chi connectivity index (χ1) is 9.43. The van der Waals surface area contributed by atoms with Gasteiger partial charge in [-0.1, -0.05) is 43.2 Å². The third-order valence-corrected chi connectivity index (χ3v) is 3.76. The quantitative estimate of drug-likeness (QED) is 0.745. The largest absolute Gasteiger partial charge is 0.313 e. The third-order valence-electron chi connectivity index (χ3n) is 3.76. The molecule has 100 valence electrons. The molecule has 3 heteroatoms. The molecule has 1 aromatic carbocycles. The maximum atomic E-state index is 4.17. The van der Waals surface area contributed by atoms with Crippen molar-refractivity contribution >= 4 is 0 Å². The van der Waals surface area contributed by atoms with Gasteiger partial charge in [0.2, 0.25) is 0 Å². The van der Waals surface area contributed by atoms with Crippen molar-refractivity contribution in [2.75, 3.05) is 6.54 Å². The summed E-state index contributed by atoms with van der Waals surface area (Å²) < 4.78 is 0. The van der Waals surface area contributed by atoms with E-state index in [4.69, 9.17) is 0 Å². The number of nitrogens with zero attached hydrogens (tertiary/aromatic N) is 1. The minimum absolute atomic E-state index is 0.894. The van der Waals surface area contributed by atoms with Gasteiger partial charge in [0.05, 0.1) is 11.9 Å². The fourth-order valence-corrected chi connectivity index (χ4v) is 2.45. The average Bonchev–Trinajstić information content (AvgIpc) is 3.16. The average molecular weight is 255 g/mol. The van der Waals surface area contributed by atoms with E-state index in [9.17, 15) is 0 Å². The van der Waals surface area contributed by atoms with E-state index in [1.807, 2.05) is 12.3 Å². The second kappa shape index (κ2) is 6.02. The van der Waals surface area contributed by atoms with E-state index < -0.39 is 0 Å². The molecule has 1 saturated carbocycles. The first-order valence-electron chi connectivity index (χ1n) is 7.22. The number of hydrogen-bond donors (Lipinski definition) is 2. The molecule has 3 rings (SSSR count). The first kappa shape index (κ1) is 12.4. The molecule has 19 heavy (non-hydrogen) atoms. The van der Waals surface area contributed by atoms with E-state index in [0.717, 1.165) is 24.7 Å². The summed E-state index contributed by atoms with van der Waals surface area (Å²) in [6, 6.07) is 10.4. The topological polar surface area (TPSA) is 40.7 Å². The molecule has 1 aliphatic carbocycles. The predicted molar refractivity (Wildman–Crippen MR) is 77.7 cm³/mol. The summed E-state index contributed by atoms with van der Waals surface area (Å²) in [7, 11) is 0. The number of H-pyrrole nitrogens is 1. The predicted octanol–water partition coefficient (Wildman–Crippen LogP) is 3.36. The van der Waals surface area contributed by atoms with Gasteiger partial charge in [-0.3, -0.25) is 5.10 Å². The summed E-state index contributed by atoms with van der Waals surface area (Å²) in [5.41, 5.74) is 3.59. The molecule has 0 saturated heterocycles. The molecule has 0 aliphatic heterocycles. The molecule has 0 spiro atoms. The number of aromatic nitrogens is 2. The van der Waals surface area contributed by atoms with Crippen molar-refractivity contribution in [2.45, 2.75) is 32.2 Å². The summed E-state index contributed by atoms with van der Waals surface area (Å²) in [5, 5.41) is 10.8. The lowest BCUT2D eigenvalue weighted by molar-refractivity contribution is 0.594. The monoisotopic (exact) mass is 255 g/mol. The van der Waals surface area contributed by atoms with Crippen molar-refractivity contribution in [3.8, 4) is 11.3 Å². The van der Waals surface area contributed by atoms with E-state index >= 15 is 0 Å². The van der Waals surface area contributed by atoms with Crippen LogP contribution in [0.15, 0.2) is 36.5 Å². The molecule has 0 radical (unpaired) electrons. The molecule has 0 atom stereocenters. The highest BCUT2D eigenvalue weighted by atomic mass is 15.1. The zero-order valence-corrected chi connectivity index (χ0v) is 11.2. The van der Waals surface area contributed by atoms with Crippen LogP contribution >= 0.6 is 0 Å². The van der Waals surface area contributed by atoms with Crippen LogP contribution in [0.4, 0.5) is 0 Å². The lowest BCUT2D eigenvalue weighted by Gasteiger charge is -2.05. The Hall–Kier alpha value is -1.61. The number of aromatic amines is 1. The van der Waals surface area contributed by atoms with Crippen LogP contribution in [0.3, 0.4) is 0 Å². The lowest BCUT2D eigenvalue weighted by Crippen LogP contribution is -2.14. The normalized spacial score (nSPS) is 14.7. The summed E-state index contributed by atoms with van der Waals surface area (Å²) in [4.78, 5) is 0. The molecular weight excluding hydrogens is 234 g/mol. The van der Waals surface area contributed by atoms with Crippen molar-refractivity contribution in [3.05, 3.63) is 42.1 Å². The number of rotatable bonds is 7. The van der Waals surface area contributed by atoms with E-state index in [2.05, 4.69) is 39.8 Å². The van der Waals surface area contributed by atoms with E-state index in [1.54, 1.807) is 0 Å². The van der Waals surface area contributed by atoms with Gasteiger partial charge in [-0.2, -0.15) is 5.10 Å². The maximum absolute atomic E-state index is 4.17. The van der Waals surface area contributed by atoms with Gasteiger partial charge in [0.15, 0.2) is 0 Å². The van der Waals surface area contributed by atoms with Gasteiger partial charge in [0.1, 0.15) is 0 Å². The highest BCUT2D eigenvalue weighted by Crippen LogP contribution is 2.33. The smallest absolute Gasteiger partial charge is 0.0695 e. The Balaban J connectivity index is 1.51. The first-order valence-corrected chi connectivity index (χ1v) is 7.22. The van der Waals surface area contributed by atoms with Gasteiger partial charge >= 0.3 is 0 Å². The molecular formula is C16H21N3. The zero-order chi connectivity index (χ0) is 12.9. The van der Waals surface area contributed by atoms with Crippen molar-refractivity contribution in [1.82, 2.24) is 15.5 Å². The Morgan fingerprint density at radius 2 is 2.05 bits per heavy atom. The fourth-order valence-electron chi connectivity index (χ4n) is 2.45. The molecule has 2 N–H and O–H groups in total. The molecule has 0 amide bonds. The Kier molecular flexibility index (Phi) is 3.94. The van der Waals surface area contributed by atoms with Crippen LogP contribution in [0, 0.1) is 5.92 Å².